The van der Waals surface area contributed by atoms with Crippen LogP contribution in [-0.4, -0.2) is 27.5 Å². The van der Waals surface area contributed by atoms with Gasteiger partial charge in [0.15, 0.2) is 0 Å². The third-order valence-corrected chi connectivity index (χ3v) is 2.57. The summed E-state index contributed by atoms with van der Waals surface area (Å²) in [5.41, 5.74) is 6.83. The standard InChI is InChI=1S/C13H20N6/c1-9(14)7-16-12-6-13(19-10(2)18-12)17-8-11-4-3-5-15-11/h3-6,9,15H,7-8,14H2,1-2H3,(H2,16,17,18,19). The van der Waals surface area contributed by atoms with Crippen LogP contribution in [0.1, 0.15) is 18.4 Å². The highest BCUT2D eigenvalue weighted by molar-refractivity contribution is 5.47. The first kappa shape index (κ1) is 13.4. The van der Waals surface area contributed by atoms with Crippen LogP contribution in [0.4, 0.5) is 11.6 Å². The summed E-state index contributed by atoms with van der Waals surface area (Å²) in [5, 5.41) is 6.46. The van der Waals surface area contributed by atoms with Gasteiger partial charge in [0.1, 0.15) is 17.5 Å². The number of aryl methyl sites for hydroxylation is 1. The lowest BCUT2D eigenvalue weighted by molar-refractivity contribution is 0.776. The van der Waals surface area contributed by atoms with Gasteiger partial charge in [-0.15, -0.1) is 0 Å². The van der Waals surface area contributed by atoms with Gasteiger partial charge in [0, 0.05) is 30.5 Å². The van der Waals surface area contributed by atoms with E-state index in [4.69, 9.17) is 5.73 Å². The Balaban J connectivity index is 1.99. The first-order chi connectivity index (χ1) is 9.13. The van der Waals surface area contributed by atoms with Crippen LogP contribution in [-0.2, 0) is 6.54 Å². The number of nitrogens with two attached hydrogens (primary N) is 1. The molecular formula is C13H20N6. The molecule has 0 aliphatic heterocycles. The quantitative estimate of drug-likeness (QED) is 0.631. The Labute approximate surface area is 112 Å². The van der Waals surface area contributed by atoms with E-state index >= 15 is 0 Å². The highest BCUT2D eigenvalue weighted by Gasteiger charge is 2.03. The molecule has 19 heavy (non-hydrogen) atoms. The molecule has 2 aromatic rings. The normalized spacial score (nSPS) is 12.2. The summed E-state index contributed by atoms with van der Waals surface area (Å²) in [7, 11) is 0. The molecule has 0 amide bonds. The molecule has 0 aromatic carbocycles. The third-order valence-electron chi connectivity index (χ3n) is 2.57. The Morgan fingerprint density at radius 3 is 2.68 bits per heavy atom. The van der Waals surface area contributed by atoms with Crippen molar-refractivity contribution >= 4 is 11.6 Å². The van der Waals surface area contributed by atoms with Crippen molar-refractivity contribution in [3.63, 3.8) is 0 Å². The second kappa shape index (κ2) is 6.19. The van der Waals surface area contributed by atoms with Gasteiger partial charge in [0.2, 0.25) is 0 Å². The minimum Gasteiger partial charge on any atom is -0.368 e. The molecule has 0 aliphatic carbocycles. The van der Waals surface area contributed by atoms with E-state index in [9.17, 15) is 0 Å². The summed E-state index contributed by atoms with van der Waals surface area (Å²) in [6.45, 7) is 5.21. The first-order valence-electron chi connectivity index (χ1n) is 6.35. The van der Waals surface area contributed by atoms with E-state index in [0.717, 1.165) is 23.2 Å². The Hall–Kier alpha value is -2.08. The Kier molecular flexibility index (Phi) is 4.35. The summed E-state index contributed by atoms with van der Waals surface area (Å²) in [6, 6.07) is 5.97. The number of rotatable bonds is 6. The first-order valence-corrected chi connectivity index (χ1v) is 6.35. The average Bonchev–Trinajstić information content (AvgIpc) is 2.86. The summed E-state index contributed by atoms with van der Waals surface area (Å²) in [5.74, 6) is 2.32. The molecule has 6 nitrogen and oxygen atoms in total. The second-order valence-electron chi connectivity index (χ2n) is 4.59. The SMILES string of the molecule is Cc1nc(NCc2ccc[nH]2)cc(NCC(C)N)n1. The van der Waals surface area contributed by atoms with Gasteiger partial charge >= 0.3 is 0 Å². The minimum absolute atomic E-state index is 0.0885. The van der Waals surface area contributed by atoms with Gasteiger partial charge in [-0.3, -0.25) is 0 Å². The summed E-state index contributed by atoms with van der Waals surface area (Å²) < 4.78 is 0. The molecule has 1 unspecified atom stereocenters. The van der Waals surface area contributed by atoms with Gasteiger partial charge in [-0.1, -0.05) is 0 Å². The van der Waals surface area contributed by atoms with E-state index in [0.29, 0.717) is 13.1 Å². The van der Waals surface area contributed by atoms with Crippen LogP contribution in [0.2, 0.25) is 0 Å². The van der Waals surface area contributed by atoms with E-state index in [1.807, 2.05) is 38.2 Å². The predicted octanol–water partition coefficient (Wildman–Crippen LogP) is 1.48. The molecule has 2 heterocycles. The monoisotopic (exact) mass is 260 g/mol. The van der Waals surface area contributed by atoms with Gasteiger partial charge in [-0.25, -0.2) is 9.97 Å². The van der Waals surface area contributed by atoms with Crippen LogP contribution in [0.5, 0.6) is 0 Å². The van der Waals surface area contributed by atoms with Crippen molar-refractivity contribution < 1.29 is 0 Å². The van der Waals surface area contributed by atoms with E-state index in [2.05, 4.69) is 25.6 Å². The van der Waals surface area contributed by atoms with Crippen molar-refractivity contribution in [1.82, 2.24) is 15.0 Å². The van der Waals surface area contributed by atoms with Gasteiger partial charge in [-0.05, 0) is 26.0 Å². The molecule has 1 atom stereocenters. The van der Waals surface area contributed by atoms with Crippen LogP contribution in [0, 0.1) is 6.92 Å². The van der Waals surface area contributed by atoms with E-state index in [1.54, 1.807) is 0 Å². The maximum Gasteiger partial charge on any atom is 0.132 e. The maximum atomic E-state index is 5.71. The van der Waals surface area contributed by atoms with Crippen LogP contribution >= 0.6 is 0 Å². The molecule has 0 aliphatic rings. The number of aromatic nitrogens is 3. The van der Waals surface area contributed by atoms with Crippen molar-refractivity contribution in [2.75, 3.05) is 17.2 Å². The number of H-pyrrole nitrogens is 1. The molecule has 2 aromatic heterocycles. The summed E-state index contributed by atoms with van der Waals surface area (Å²) >= 11 is 0. The van der Waals surface area contributed by atoms with E-state index < -0.39 is 0 Å². The number of nitrogens with zero attached hydrogens (tertiary/aromatic N) is 2. The van der Waals surface area contributed by atoms with Crippen LogP contribution in [0.3, 0.4) is 0 Å². The highest BCUT2D eigenvalue weighted by Crippen LogP contribution is 2.12. The Morgan fingerprint density at radius 2 is 2.05 bits per heavy atom. The molecular weight excluding hydrogens is 240 g/mol. The number of anilines is 2. The molecule has 0 spiro atoms. The van der Waals surface area contributed by atoms with E-state index in [1.165, 1.54) is 0 Å². The molecule has 5 N–H and O–H groups in total. The van der Waals surface area contributed by atoms with Crippen LogP contribution < -0.4 is 16.4 Å². The molecule has 102 valence electrons. The zero-order valence-electron chi connectivity index (χ0n) is 11.3. The van der Waals surface area contributed by atoms with Gasteiger partial charge in [-0.2, -0.15) is 0 Å². The molecule has 0 fully saturated rings. The molecule has 6 heteroatoms. The zero-order valence-corrected chi connectivity index (χ0v) is 11.3. The topological polar surface area (TPSA) is 91.7 Å². The maximum absolute atomic E-state index is 5.71. The summed E-state index contributed by atoms with van der Waals surface area (Å²) in [6.07, 6.45) is 1.90. The second-order valence-corrected chi connectivity index (χ2v) is 4.59. The third kappa shape index (κ3) is 4.26. The van der Waals surface area contributed by atoms with Crippen molar-refractivity contribution in [2.24, 2.45) is 5.73 Å². The molecule has 0 saturated carbocycles. The smallest absolute Gasteiger partial charge is 0.132 e. The molecule has 0 bridgehead atoms. The molecule has 0 radical (unpaired) electrons. The van der Waals surface area contributed by atoms with Crippen molar-refractivity contribution in [3.8, 4) is 0 Å². The number of aromatic amines is 1. The summed E-state index contributed by atoms with van der Waals surface area (Å²) in [4.78, 5) is 11.8. The largest absolute Gasteiger partial charge is 0.368 e. The molecule has 0 saturated heterocycles. The van der Waals surface area contributed by atoms with Gasteiger partial charge in [0.25, 0.3) is 0 Å². The minimum atomic E-state index is 0.0885. The van der Waals surface area contributed by atoms with Crippen molar-refractivity contribution in [1.29, 1.82) is 0 Å². The van der Waals surface area contributed by atoms with Gasteiger partial charge < -0.3 is 21.4 Å². The fraction of sp³-hybridized carbons (Fsp3) is 0.385. The predicted molar refractivity (Wildman–Crippen MR) is 77.0 cm³/mol. The Bertz CT molecular complexity index is 506. The average molecular weight is 260 g/mol. The van der Waals surface area contributed by atoms with Crippen molar-refractivity contribution in [3.05, 3.63) is 35.9 Å². The fourth-order valence-corrected chi connectivity index (χ4v) is 1.68. The molecule has 2 rings (SSSR count). The van der Waals surface area contributed by atoms with Crippen LogP contribution in [0.15, 0.2) is 24.4 Å². The Morgan fingerprint density at radius 1 is 1.32 bits per heavy atom. The lowest BCUT2D eigenvalue weighted by Gasteiger charge is -2.11. The number of hydrogen-bond donors (Lipinski definition) is 4. The zero-order chi connectivity index (χ0) is 13.7. The number of hydrogen-bond acceptors (Lipinski definition) is 5. The van der Waals surface area contributed by atoms with Crippen molar-refractivity contribution in [2.45, 2.75) is 26.4 Å². The fourth-order valence-electron chi connectivity index (χ4n) is 1.68. The lowest BCUT2D eigenvalue weighted by atomic mass is 10.3. The van der Waals surface area contributed by atoms with Gasteiger partial charge in [0.05, 0.1) is 6.54 Å². The van der Waals surface area contributed by atoms with Crippen LogP contribution in [0.25, 0.3) is 0 Å². The lowest BCUT2D eigenvalue weighted by Crippen LogP contribution is -2.25. The van der Waals surface area contributed by atoms with E-state index in [-0.39, 0.29) is 6.04 Å². The number of nitrogens with one attached hydrogen (secondary N) is 3. The highest BCUT2D eigenvalue weighted by atomic mass is 15.1.